The molecule has 172 valence electrons. The van der Waals surface area contributed by atoms with Gasteiger partial charge in [-0.25, -0.2) is 14.4 Å². The van der Waals surface area contributed by atoms with Crippen LogP contribution in [0, 0.1) is 5.82 Å². The van der Waals surface area contributed by atoms with Gasteiger partial charge >= 0.3 is 0 Å². The topological polar surface area (TPSA) is 64.6 Å². The molecule has 2 aliphatic rings. The number of likely N-dealkylation sites (tertiary alicyclic amines) is 1. The van der Waals surface area contributed by atoms with E-state index in [1.165, 1.54) is 18.6 Å². The van der Waals surface area contributed by atoms with Gasteiger partial charge in [0.2, 0.25) is 5.91 Å². The van der Waals surface area contributed by atoms with Crippen LogP contribution in [-0.2, 0) is 17.8 Å². The van der Waals surface area contributed by atoms with E-state index >= 15 is 0 Å². The fourth-order valence-corrected chi connectivity index (χ4v) is 4.68. The van der Waals surface area contributed by atoms with Gasteiger partial charge in [0.25, 0.3) is 0 Å². The Labute approximate surface area is 189 Å². The molecule has 1 saturated heterocycles. The minimum Gasteiger partial charge on any atom is -0.374 e. The van der Waals surface area contributed by atoms with E-state index in [1.54, 1.807) is 6.07 Å². The van der Waals surface area contributed by atoms with Crippen LogP contribution in [-0.4, -0.2) is 73.0 Å². The monoisotopic (exact) mass is 440 g/mol. The van der Waals surface area contributed by atoms with E-state index < -0.39 is 0 Å². The Balaban J connectivity index is 1.41. The van der Waals surface area contributed by atoms with Crippen molar-refractivity contribution < 1.29 is 9.18 Å². The molecule has 0 bridgehead atoms. The molecule has 0 spiro atoms. The van der Waals surface area contributed by atoms with Gasteiger partial charge in [-0.1, -0.05) is 6.07 Å². The molecule has 1 fully saturated rings. The quantitative estimate of drug-likeness (QED) is 0.745. The zero-order valence-electron chi connectivity index (χ0n) is 19.3. The van der Waals surface area contributed by atoms with Crippen molar-refractivity contribution >= 4 is 17.4 Å². The first-order valence-electron chi connectivity index (χ1n) is 11.4. The molecule has 1 amide bonds. The number of aromatic nitrogens is 2. The lowest BCUT2D eigenvalue weighted by Crippen LogP contribution is -2.39. The van der Waals surface area contributed by atoms with Crippen LogP contribution in [0.1, 0.15) is 42.3 Å². The Morgan fingerprint density at radius 1 is 1.31 bits per heavy atom. The average molecular weight is 441 g/mol. The zero-order valence-corrected chi connectivity index (χ0v) is 19.3. The summed E-state index contributed by atoms with van der Waals surface area (Å²) >= 11 is 0. The lowest BCUT2D eigenvalue weighted by atomic mass is 9.96. The van der Waals surface area contributed by atoms with Crippen molar-refractivity contribution in [2.45, 2.75) is 38.1 Å². The molecule has 3 heterocycles. The third-order valence-corrected chi connectivity index (χ3v) is 6.57. The van der Waals surface area contributed by atoms with Crippen molar-refractivity contribution in [3.05, 3.63) is 47.2 Å². The Hall–Kier alpha value is -2.74. The molecule has 8 heteroatoms. The number of carbonyl (C=O) groups is 1. The van der Waals surface area contributed by atoms with E-state index in [4.69, 9.17) is 9.97 Å². The molecule has 1 atom stereocenters. The number of benzene rings is 1. The fourth-order valence-electron chi connectivity index (χ4n) is 4.68. The van der Waals surface area contributed by atoms with Crippen LogP contribution in [0.5, 0.6) is 0 Å². The number of likely N-dealkylation sites (N-methyl/N-ethyl adjacent to an activating group) is 1. The molecule has 1 aromatic carbocycles. The number of hydrogen-bond donors (Lipinski definition) is 1. The van der Waals surface area contributed by atoms with Crippen molar-refractivity contribution in [3.63, 3.8) is 0 Å². The first-order valence-corrected chi connectivity index (χ1v) is 11.4. The van der Waals surface area contributed by atoms with Gasteiger partial charge in [0, 0.05) is 63.7 Å². The number of halogens is 1. The molecule has 32 heavy (non-hydrogen) atoms. The maximum atomic E-state index is 13.5. The Bertz CT molecular complexity index is 950. The minimum absolute atomic E-state index is 0.0962. The number of carbonyl (C=O) groups excluding carboxylic acids is 1. The van der Waals surface area contributed by atoms with Crippen LogP contribution in [0.15, 0.2) is 24.3 Å². The Kier molecular flexibility index (Phi) is 6.89. The summed E-state index contributed by atoms with van der Waals surface area (Å²) in [5.41, 5.74) is 2.86. The maximum Gasteiger partial charge on any atom is 0.224 e. The predicted molar refractivity (Wildman–Crippen MR) is 124 cm³/mol. The normalized spacial score (nSPS) is 18.9. The van der Waals surface area contributed by atoms with Crippen LogP contribution in [0.4, 0.5) is 15.9 Å². The first kappa shape index (κ1) is 22.5. The molecule has 1 unspecified atom stereocenters. The molecule has 2 aliphatic heterocycles. The van der Waals surface area contributed by atoms with E-state index in [9.17, 15) is 9.18 Å². The largest absolute Gasteiger partial charge is 0.374 e. The van der Waals surface area contributed by atoms with Gasteiger partial charge in [-0.05, 0) is 44.6 Å². The van der Waals surface area contributed by atoms with Crippen LogP contribution < -0.4 is 10.2 Å². The lowest BCUT2D eigenvalue weighted by Gasteiger charge is -2.32. The maximum absolute atomic E-state index is 13.5. The number of rotatable bonds is 6. The van der Waals surface area contributed by atoms with Crippen molar-refractivity contribution in [1.29, 1.82) is 0 Å². The highest BCUT2D eigenvalue weighted by atomic mass is 19.1. The van der Waals surface area contributed by atoms with E-state index in [1.807, 2.05) is 30.0 Å². The number of fused-ring (bicyclic) bond motifs is 1. The molecular formula is C24H33FN6O. The number of nitrogens with one attached hydrogen (secondary N) is 1. The number of amides is 1. The number of piperidine rings is 1. The second-order valence-corrected chi connectivity index (χ2v) is 8.92. The van der Waals surface area contributed by atoms with Crippen LogP contribution in [0.2, 0.25) is 0 Å². The molecule has 0 aliphatic carbocycles. The second kappa shape index (κ2) is 9.81. The highest BCUT2D eigenvalue weighted by molar-refractivity contribution is 5.77. The van der Waals surface area contributed by atoms with E-state index in [0.29, 0.717) is 32.0 Å². The first-order chi connectivity index (χ1) is 15.4. The van der Waals surface area contributed by atoms with Gasteiger partial charge in [-0.15, -0.1) is 0 Å². The van der Waals surface area contributed by atoms with Crippen molar-refractivity contribution in [3.8, 4) is 0 Å². The van der Waals surface area contributed by atoms with Crippen LogP contribution >= 0.6 is 0 Å². The molecule has 1 N–H and O–H groups in total. The Morgan fingerprint density at radius 2 is 2.16 bits per heavy atom. The number of hydrogen-bond acceptors (Lipinski definition) is 6. The smallest absolute Gasteiger partial charge is 0.224 e. The van der Waals surface area contributed by atoms with Gasteiger partial charge in [0.1, 0.15) is 17.5 Å². The molecule has 4 rings (SSSR count). The summed E-state index contributed by atoms with van der Waals surface area (Å²) < 4.78 is 13.5. The third-order valence-electron chi connectivity index (χ3n) is 6.57. The van der Waals surface area contributed by atoms with Gasteiger partial charge in [0.15, 0.2) is 0 Å². The molecular weight excluding hydrogens is 407 g/mol. The van der Waals surface area contributed by atoms with Crippen molar-refractivity contribution in [1.82, 2.24) is 19.8 Å². The van der Waals surface area contributed by atoms with E-state index in [0.717, 1.165) is 54.5 Å². The van der Waals surface area contributed by atoms with Gasteiger partial charge in [0.05, 0.1) is 12.2 Å². The second-order valence-electron chi connectivity index (χ2n) is 8.92. The van der Waals surface area contributed by atoms with Crippen LogP contribution in [0.25, 0.3) is 0 Å². The minimum atomic E-state index is -0.271. The third kappa shape index (κ3) is 5.01. The molecule has 0 radical (unpaired) electrons. The zero-order chi connectivity index (χ0) is 22.7. The summed E-state index contributed by atoms with van der Waals surface area (Å²) in [5.74, 6) is 1.96. The fraction of sp³-hybridized carbons (Fsp3) is 0.542. The standard InChI is InChI=1S/C24H33FN6O/c1-26-24-20-16-31(22(32)10-12-30(3)19-8-4-7-18(25)14-19)13-9-21(20)27-23(28-24)17-6-5-11-29(2)15-17/h4,7-8,14,17H,5-6,9-13,15-16H2,1-3H3,(H,26,27,28). The summed E-state index contributed by atoms with van der Waals surface area (Å²) in [6.07, 6.45) is 3.41. The number of anilines is 2. The lowest BCUT2D eigenvalue weighted by molar-refractivity contribution is -0.131. The summed E-state index contributed by atoms with van der Waals surface area (Å²) in [6, 6.07) is 6.44. The summed E-state index contributed by atoms with van der Waals surface area (Å²) in [6.45, 7) is 3.85. The Morgan fingerprint density at radius 3 is 2.91 bits per heavy atom. The van der Waals surface area contributed by atoms with Crippen molar-refractivity contribution in [2.24, 2.45) is 0 Å². The highest BCUT2D eigenvalue weighted by Crippen LogP contribution is 2.29. The average Bonchev–Trinajstić information content (AvgIpc) is 2.81. The summed E-state index contributed by atoms with van der Waals surface area (Å²) in [5, 5.41) is 3.24. The highest BCUT2D eigenvalue weighted by Gasteiger charge is 2.28. The van der Waals surface area contributed by atoms with Gasteiger partial charge in [-0.3, -0.25) is 4.79 Å². The summed E-state index contributed by atoms with van der Waals surface area (Å²) in [7, 11) is 5.91. The van der Waals surface area contributed by atoms with Gasteiger partial charge in [-0.2, -0.15) is 0 Å². The molecule has 1 aromatic heterocycles. The SMILES string of the molecule is CNc1nc(C2CCCN(C)C2)nc2c1CN(C(=O)CCN(C)c1cccc(F)c1)CC2. The molecule has 2 aromatic rings. The predicted octanol–water partition coefficient (Wildman–Crippen LogP) is 2.88. The molecule has 0 saturated carbocycles. The van der Waals surface area contributed by atoms with Crippen molar-refractivity contribution in [2.75, 3.05) is 57.5 Å². The summed E-state index contributed by atoms with van der Waals surface area (Å²) in [4.78, 5) is 28.8. The van der Waals surface area contributed by atoms with E-state index in [-0.39, 0.29) is 11.7 Å². The van der Waals surface area contributed by atoms with Gasteiger partial charge < -0.3 is 20.0 Å². The van der Waals surface area contributed by atoms with Crippen LogP contribution in [0.3, 0.4) is 0 Å². The molecule has 7 nitrogen and oxygen atoms in total. The van der Waals surface area contributed by atoms with E-state index in [2.05, 4.69) is 17.3 Å². The number of nitrogens with zero attached hydrogens (tertiary/aromatic N) is 5.